The molecule has 0 atom stereocenters. The lowest BCUT2D eigenvalue weighted by Gasteiger charge is -2.12. The molecular weight excluding hydrogens is 380 g/mol. The molecule has 0 aliphatic rings. The van der Waals surface area contributed by atoms with E-state index < -0.39 is 15.9 Å². The molecule has 0 aliphatic carbocycles. The van der Waals surface area contributed by atoms with Crippen molar-refractivity contribution in [2.75, 3.05) is 10.0 Å². The van der Waals surface area contributed by atoms with Gasteiger partial charge in [0.15, 0.2) is 10.8 Å². The normalized spacial score (nSPS) is 11.3. The molecule has 0 fully saturated rings. The lowest BCUT2D eigenvalue weighted by molar-refractivity contribution is 0.0996. The van der Waals surface area contributed by atoms with E-state index in [2.05, 4.69) is 15.0 Å². The second-order valence-corrected chi connectivity index (χ2v) is 7.53. The van der Waals surface area contributed by atoms with Crippen LogP contribution in [0.4, 0.5) is 11.4 Å². The van der Waals surface area contributed by atoms with Crippen molar-refractivity contribution in [3.63, 3.8) is 0 Å². The van der Waals surface area contributed by atoms with Gasteiger partial charge in [0.1, 0.15) is 5.82 Å². The van der Waals surface area contributed by atoms with Gasteiger partial charge in [-0.05, 0) is 37.3 Å². The van der Waals surface area contributed by atoms with Gasteiger partial charge in [0, 0.05) is 18.3 Å². The molecule has 0 saturated carbocycles. The Morgan fingerprint density at radius 2 is 2.04 bits per heavy atom. The topological polar surface area (TPSA) is 106 Å². The number of rotatable bonds is 5. The molecule has 8 nitrogen and oxygen atoms in total. The molecule has 2 N–H and O–H groups in total. The number of amides is 1. The first-order valence-electron chi connectivity index (χ1n) is 7.43. The highest BCUT2D eigenvalue weighted by atomic mass is 35.5. The summed E-state index contributed by atoms with van der Waals surface area (Å²) in [5.74, 6) is 0.0957. The Labute approximate surface area is 154 Å². The van der Waals surface area contributed by atoms with Crippen molar-refractivity contribution in [1.29, 1.82) is 0 Å². The van der Waals surface area contributed by atoms with Crippen molar-refractivity contribution in [2.24, 2.45) is 7.05 Å². The van der Waals surface area contributed by atoms with E-state index >= 15 is 0 Å². The van der Waals surface area contributed by atoms with Crippen LogP contribution < -0.4 is 10.0 Å². The highest BCUT2D eigenvalue weighted by Crippen LogP contribution is 2.28. The number of furan rings is 1. The fourth-order valence-corrected chi connectivity index (χ4v) is 3.45. The highest BCUT2D eigenvalue weighted by molar-refractivity contribution is 7.92. The Balaban J connectivity index is 1.91. The van der Waals surface area contributed by atoms with E-state index in [1.807, 2.05) is 0 Å². The van der Waals surface area contributed by atoms with Gasteiger partial charge in [-0.3, -0.25) is 9.52 Å². The number of hydrogen-bond acceptors (Lipinski definition) is 5. The van der Waals surface area contributed by atoms with Crippen LogP contribution in [0.25, 0.3) is 0 Å². The Morgan fingerprint density at radius 1 is 1.27 bits per heavy atom. The summed E-state index contributed by atoms with van der Waals surface area (Å²) in [5.41, 5.74) is 0.341. The monoisotopic (exact) mass is 394 g/mol. The van der Waals surface area contributed by atoms with Crippen LogP contribution in [-0.4, -0.2) is 23.9 Å². The zero-order valence-corrected chi connectivity index (χ0v) is 15.4. The summed E-state index contributed by atoms with van der Waals surface area (Å²) in [5, 5.41) is 2.78. The van der Waals surface area contributed by atoms with E-state index in [0.29, 0.717) is 10.8 Å². The van der Waals surface area contributed by atoms with E-state index in [9.17, 15) is 13.2 Å². The minimum absolute atomic E-state index is 0.0825. The molecular formula is C16H15ClN4O4S. The molecule has 0 saturated heterocycles. The van der Waals surface area contributed by atoms with Crippen molar-refractivity contribution >= 4 is 38.9 Å². The molecule has 10 heteroatoms. The van der Waals surface area contributed by atoms with E-state index in [1.54, 1.807) is 24.6 Å². The number of imidazole rings is 1. The maximum absolute atomic E-state index is 12.6. The van der Waals surface area contributed by atoms with E-state index in [-0.39, 0.29) is 22.2 Å². The van der Waals surface area contributed by atoms with Crippen molar-refractivity contribution in [1.82, 2.24) is 9.55 Å². The molecule has 0 aliphatic heterocycles. The van der Waals surface area contributed by atoms with Gasteiger partial charge >= 0.3 is 0 Å². The number of halogens is 1. The number of hydrogen-bond donors (Lipinski definition) is 2. The van der Waals surface area contributed by atoms with Gasteiger partial charge in [-0.1, -0.05) is 11.6 Å². The molecule has 0 spiro atoms. The van der Waals surface area contributed by atoms with Crippen LogP contribution in [-0.2, 0) is 17.1 Å². The number of carbonyl (C=O) groups excluding carboxylic acids is 1. The van der Waals surface area contributed by atoms with Gasteiger partial charge in [0.25, 0.3) is 15.9 Å². The predicted octanol–water partition coefficient (Wildman–Crippen LogP) is 3.03. The molecule has 3 rings (SSSR count). The first-order chi connectivity index (χ1) is 12.3. The third kappa shape index (κ3) is 3.73. The van der Waals surface area contributed by atoms with Crippen LogP contribution in [0.3, 0.4) is 0 Å². The number of aryl methyl sites for hydroxylation is 2. The largest absolute Gasteiger partial charge is 0.459 e. The third-order valence-corrected chi connectivity index (χ3v) is 5.05. The predicted molar refractivity (Wildman–Crippen MR) is 96.9 cm³/mol. The molecule has 136 valence electrons. The summed E-state index contributed by atoms with van der Waals surface area (Å²) in [7, 11) is -2.25. The number of nitrogens with zero attached hydrogens (tertiary/aromatic N) is 2. The summed E-state index contributed by atoms with van der Waals surface area (Å²) in [4.78, 5) is 16.2. The first-order valence-corrected chi connectivity index (χ1v) is 9.29. The van der Waals surface area contributed by atoms with Gasteiger partial charge in [0.05, 0.1) is 17.6 Å². The van der Waals surface area contributed by atoms with Crippen LogP contribution in [0.5, 0.6) is 0 Å². The van der Waals surface area contributed by atoms with Crippen LogP contribution in [0, 0.1) is 6.92 Å². The number of benzene rings is 1. The summed E-state index contributed by atoms with van der Waals surface area (Å²) in [6, 6.07) is 7.45. The fourth-order valence-electron chi connectivity index (χ4n) is 2.15. The van der Waals surface area contributed by atoms with E-state index in [4.69, 9.17) is 16.0 Å². The van der Waals surface area contributed by atoms with Gasteiger partial charge < -0.3 is 14.3 Å². The summed E-state index contributed by atoms with van der Waals surface area (Å²) in [6.07, 6.45) is 2.76. The molecule has 1 aromatic carbocycles. The van der Waals surface area contributed by atoms with Gasteiger partial charge in [0.2, 0.25) is 0 Å². The number of sulfonamides is 1. The number of anilines is 2. The highest BCUT2D eigenvalue weighted by Gasteiger charge is 2.21. The SMILES string of the molecule is Cc1nc(S(=O)(=O)Nc2ccc(Cl)cc2NC(=O)c2ccco2)cn1C. The van der Waals surface area contributed by atoms with Crippen molar-refractivity contribution < 1.29 is 17.6 Å². The fraction of sp³-hybridized carbons (Fsp3) is 0.125. The molecule has 0 bridgehead atoms. The Hall–Kier alpha value is -2.78. The molecule has 3 aromatic rings. The standard InChI is InChI=1S/C16H15ClN4O4S/c1-10-18-15(9-21(10)2)26(23,24)20-12-6-5-11(17)8-13(12)19-16(22)14-4-3-7-25-14/h3-9,20H,1-2H3,(H,19,22). The van der Waals surface area contributed by atoms with Crippen molar-refractivity contribution in [2.45, 2.75) is 11.9 Å². The molecule has 0 radical (unpaired) electrons. The quantitative estimate of drug-likeness (QED) is 0.691. The lowest BCUT2D eigenvalue weighted by Crippen LogP contribution is -2.17. The second-order valence-electron chi connectivity index (χ2n) is 5.46. The minimum atomic E-state index is -3.94. The Bertz CT molecular complexity index is 1040. The van der Waals surface area contributed by atoms with Crippen LogP contribution in [0.15, 0.2) is 52.2 Å². The third-order valence-electron chi connectivity index (χ3n) is 3.58. The van der Waals surface area contributed by atoms with E-state index in [0.717, 1.165) is 0 Å². The maximum atomic E-state index is 12.6. The summed E-state index contributed by atoms with van der Waals surface area (Å²) >= 11 is 5.97. The molecule has 0 unspecified atom stereocenters. The average Bonchev–Trinajstić information content (AvgIpc) is 3.21. The van der Waals surface area contributed by atoms with Crippen molar-refractivity contribution in [3.05, 3.63) is 59.4 Å². The van der Waals surface area contributed by atoms with Crippen LogP contribution in [0.1, 0.15) is 16.4 Å². The zero-order valence-electron chi connectivity index (χ0n) is 13.9. The van der Waals surface area contributed by atoms with Crippen LogP contribution >= 0.6 is 11.6 Å². The summed E-state index contributed by atoms with van der Waals surface area (Å²) in [6.45, 7) is 1.69. The second kappa shape index (κ2) is 6.85. The number of carbonyl (C=O) groups is 1. The summed E-state index contributed by atoms with van der Waals surface area (Å²) < 4.78 is 34.2. The van der Waals surface area contributed by atoms with Crippen LogP contribution in [0.2, 0.25) is 5.02 Å². The first kappa shape index (κ1) is 18.0. The average molecular weight is 395 g/mol. The Morgan fingerprint density at radius 3 is 2.65 bits per heavy atom. The van der Waals surface area contributed by atoms with Gasteiger partial charge in [-0.15, -0.1) is 0 Å². The maximum Gasteiger partial charge on any atom is 0.291 e. The smallest absolute Gasteiger partial charge is 0.291 e. The molecule has 26 heavy (non-hydrogen) atoms. The number of nitrogens with one attached hydrogen (secondary N) is 2. The minimum Gasteiger partial charge on any atom is -0.459 e. The lowest BCUT2D eigenvalue weighted by atomic mass is 10.2. The number of aromatic nitrogens is 2. The van der Waals surface area contributed by atoms with Gasteiger partial charge in [-0.2, -0.15) is 8.42 Å². The molecule has 1 amide bonds. The molecule has 2 aromatic heterocycles. The van der Waals surface area contributed by atoms with Crippen molar-refractivity contribution in [3.8, 4) is 0 Å². The Kier molecular flexibility index (Phi) is 4.75. The molecule has 2 heterocycles. The van der Waals surface area contributed by atoms with E-state index in [1.165, 1.54) is 36.7 Å². The zero-order chi connectivity index (χ0) is 18.9. The van der Waals surface area contributed by atoms with Gasteiger partial charge in [-0.25, -0.2) is 4.98 Å².